The number of hydrogen-bond donors (Lipinski definition) is 2. The van der Waals surface area contributed by atoms with Gasteiger partial charge in [-0.05, 0) is 43.7 Å². The molecule has 29 heavy (non-hydrogen) atoms. The SMILES string of the molecule is CCOC(=O)C1=C(N)OC(C)=C(C(=O)Nc2ccccc2)[C@H]1c1ccc(Cl)cc1. The molecule has 1 aliphatic heterocycles. The van der Waals surface area contributed by atoms with Crippen molar-refractivity contribution in [1.82, 2.24) is 0 Å². The van der Waals surface area contributed by atoms with Crippen LogP contribution >= 0.6 is 11.6 Å². The highest BCUT2D eigenvalue weighted by Gasteiger charge is 2.39. The molecule has 2 aromatic rings. The molecule has 1 amide bonds. The number of ether oxygens (including phenoxy) is 2. The highest BCUT2D eigenvalue weighted by molar-refractivity contribution is 6.30. The van der Waals surface area contributed by atoms with Crippen LogP contribution in [0.1, 0.15) is 25.3 Å². The zero-order valence-corrected chi connectivity index (χ0v) is 16.8. The largest absolute Gasteiger partial charge is 0.462 e. The molecule has 0 radical (unpaired) electrons. The molecule has 2 aromatic carbocycles. The topological polar surface area (TPSA) is 90.7 Å². The molecule has 1 heterocycles. The van der Waals surface area contributed by atoms with Crippen molar-refractivity contribution in [3.05, 3.63) is 88.0 Å². The smallest absolute Gasteiger partial charge is 0.340 e. The molecular weight excluding hydrogens is 392 g/mol. The molecule has 1 aliphatic rings. The van der Waals surface area contributed by atoms with E-state index in [9.17, 15) is 9.59 Å². The lowest BCUT2D eigenvalue weighted by molar-refractivity contribution is -0.139. The monoisotopic (exact) mass is 412 g/mol. The second-order valence-corrected chi connectivity index (χ2v) is 6.81. The molecule has 0 bridgehead atoms. The molecule has 0 fully saturated rings. The summed E-state index contributed by atoms with van der Waals surface area (Å²) in [4.78, 5) is 25.8. The van der Waals surface area contributed by atoms with Crippen LogP contribution in [0.4, 0.5) is 5.69 Å². The Morgan fingerprint density at radius 3 is 2.38 bits per heavy atom. The second-order valence-electron chi connectivity index (χ2n) is 6.38. The maximum atomic E-state index is 13.2. The van der Waals surface area contributed by atoms with Gasteiger partial charge in [0, 0.05) is 10.7 Å². The average molecular weight is 413 g/mol. The van der Waals surface area contributed by atoms with Crippen molar-refractivity contribution in [3.63, 3.8) is 0 Å². The van der Waals surface area contributed by atoms with Gasteiger partial charge in [0.15, 0.2) is 0 Å². The van der Waals surface area contributed by atoms with Crippen molar-refractivity contribution in [2.24, 2.45) is 5.73 Å². The predicted octanol–water partition coefficient (Wildman–Crippen LogP) is 4.10. The molecular formula is C22H21ClN2O4. The van der Waals surface area contributed by atoms with Crippen LogP contribution in [0.2, 0.25) is 5.02 Å². The Hall–Kier alpha value is -3.25. The normalized spacial score (nSPS) is 16.3. The number of carbonyl (C=O) groups is 2. The first kappa shape index (κ1) is 20.5. The molecule has 6 nitrogen and oxygen atoms in total. The zero-order valence-electron chi connectivity index (χ0n) is 16.1. The third-order valence-corrected chi connectivity index (χ3v) is 4.71. The van der Waals surface area contributed by atoms with Gasteiger partial charge in [0.05, 0.1) is 18.1 Å². The van der Waals surface area contributed by atoms with Gasteiger partial charge in [-0.25, -0.2) is 4.79 Å². The molecule has 0 aromatic heterocycles. The summed E-state index contributed by atoms with van der Waals surface area (Å²) in [5, 5.41) is 3.37. The van der Waals surface area contributed by atoms with Gasteiger partial charge in [0.2, 0.25) is 5.88 Å². The number of amides is 1. The Kier molecular flexibility index (Phi) is 6.24. The van der Waals surface area contributed by atoms with Crippen LogP contribution < -0.4 is 11.1 Å². The van der Waals surface area contributed by atoms with E-state index in [1.165, 1.54) is 0 Å². The first-order valence-corrected chi connectivity index (χ1v) is 9.47. The minimum Gasteiger partial charge on any atom is -0.462 e. The first-order valence-electron chi connectivity index (χ1n) is 9.09. The second kappa shape index (κ2) is 8.84. The summed E-state index contributed by atoms with van der Waals surface area (Å²) in [6.07, 6.45) is 0. The Balaban J connectivity index is 2.08. The number of allylic oxidation sites excluding steroid dienone is 1. The Morgan fingerprint density at radius 2 is 1.76 bits per heavy atom. The predicted molar refractivity (Wildman–Crippen MR) is 111 cm³/mol. The minimum atomic E-state index is -0.760. The Bertz CT molecular complexity index is 982. The summed E-state index contributed by atoms with van der Waals surface area (Å²) in [6.45, 7) is 3.49. The highest BCUT2D eigenvalue weighted by atomic mass is 35.5. The van der Waals surface area contributed by atoms with Crippen molar-refractivity contribution in [2.75, 3.05) is 11.9 Å². The quantitative estimate of drug-likeness (QED) is 0.721. The van der Waals surface area contributed by atoms with Gasteiger partial charge in [-0.3, -0.25) is 4.79 Å². The molecule has 1 atom stereocenters. The molecule has 7 heteroatoms. The Labute approximate surface area is 173 Å². The van der Waals surface area contributed by atoms with E-state index in [2.05, 4.69) is 5.32 Å². The zero-order chi connectivity index (χ0) is 21.0. The number of carbonyl (C=O) groups excluding carboxylic acids is 2. The third kappa shape index (κ3) is 4.43. The fourth-order valence-corrected chi connectivity index (χ4v) is 3.32. The van der Waals surface area contributed by atoms with E-state index in [0.717, 1.165) is 0 Å². The van der Waals surface area contributed by atoms with Crippen LogP contribution in [-0.2, 0) is 19.1 Å². The molecule has 0 saturated carbocycles. The van der Waals surface area contributed by atoms with Crippen molar-refractivity contribution >= 4 is 29.2 Å². The summed E-state index contributed by atoms with van der Waals surface area (Å²) in [7, 11) is 0. The van der Waals surface area contributed by atoms with E-state index in [1.807, 2.05) is 18.2 Å². The van der Waals surface area contributed by atoms with Crippen molar-refractivity contribution in [1.29, 1.82) is 0 Å². The fraction of sp³-hybridized carbons (Fsp3) is 0.182. The molecule has 0 aliphatic carbocycles. The van der Waals surface area contributed by atoms with Gasteiger partial charge >= 0.3 is 5.97 Å². The number of halogens is 1. The van der Waals surface area contributed by atoms with Crippen LogP contribution in [0.3, 0.4) is 0 Å². The summed E-state index contributed by atoms with van der Waals surface area (Å²) in [5.74, 6) is -1.57. The standard InChI is InChI=1S/C22H21ClN2O4/c1-3-28-22(27)19-18(14-9-11-15(23)12-10-14)17(13(2)29-20(19)24)21(26)25-16-7-5-4-6-8-16/h4-12,18H,3,24H2,1-2H3,(H,25,26)/t18-/m1/s1. The summed E-state index contributed by atoms with van der Waals surface area (Å²) in [5.41, 5.74) is 7.68. The van der Waals surface area contributed by atoms with Crippen LogP contribution in [0, 0.1) is 0 Å². The number of nitrogens with one attached hydrogen (secondary N) is 1. The third-order valence-electron chi connectivity index (χ3n) is 4.46. The number of anilines is 1. The van der Waals surface area contributed by atoms with Gasteiger partial charge in [0.25, 0.3) is 5.91 Å². The van der Waals surface area contributed by atoms with E-state index in [4.69, 9.17) is 26.8 Å². The van der Waals surface area contributed by atoms with Crippen molar-refractivity contribution in [2.45, 2.75) is 19.8 Å². The number of nitrogens with two attached hydrogens (primary N) is 1. The van der Waals surface area contributed by atoms with E-state index in [0.29, 0.717) is 22.0 Å². The number of esters is 1. The maximum absolute atomic E-state index is 13.2. The number of hydrogen-bond acceptors (Lipinski definition) is 5. The lowest BCUT2D eigenvalue weighted by atomic mass is 9.82. The van der Waals surface area contributed by atoms with Crippen LogP contribution in [-0.4, -0.2) is 18.5 Å². The molecule has 0 spiro atoms. The van der Waals surface area contributed by atoms with Gasteiger partial charge in [-0.15, -0.1) is 0 Å². The van der Waals surface area contributed by atoms with E-state index in [1.54, 1.807) is 50.2 Å². The van der Waals surface area contributed by atoms with E-state index >= 15 is 0 Å². The Morgan fingerprint density at radius 1 is 1.10 bits per heavy atom. The first-order chi connectivity index (χ1) is 13.9. The highest BCUT2D eigenvalue weighted by Crippen LogP contribution is 2.40. The summed E-state index contributed by atoms with van der Waals surface area (Å²) >= 11 is 6.02. The minimum absolute atomic E-state index is 0.0815. The van der Waals surface area contributed by atoms with Gasteiger partial charge in [0.1, 0.15) is 11.3 Å². The molecule has 3 rings (SSSR count). The number of rotatable bonds is 5. The number of para-hydroxylation sites is 1. The van der Waals surface area contributed by atoms with E-state index < -0.39 is 17.8 Å². The molecule has 0 unspecified atom stereocenters. The number of benzene rings is 2. The van der Waals surface area contributed by atoms with Gasteiger partial charge < -0.3 is 20.5 Å². The van der Waals surface area contributed by atoms with Gasteiger partial charge in [-0.2, -0.15) is 0 Å². The van der Waals surface area contributed by atoms with Gasteiger partial charge in [-0.1, -0.05) is 41.9 Å². The lowest BCUT2D eigenvalue weighted by Gasteiger charge is -2.29. The summed E-state index contributed by atoms with van der Waals surface area (Å²) in [6, 6.07) is 15.9. The molecule has 150 valence electrons. The van der Waals surface area contributed by atoms with Crippen LogP contribution in [0.25, 0.3) is 0 Å². The van der Waals surface area contributed by atoms with E-state index in [-0.39, 0.29) is 23.6 Å². The lowest BCUT2D eigenvalue weighted by Crippen LogP contribution is -2.31. The average Bonchev–Trinajstić information content (AvgIpc) is 2.68. The van der Waals surface area contributed by atoms with Crippen LogP contribution in [0.15, 0.2) is 77.4 Å². The van der Waals surface area contributed by atoms with Crippen molar-refractivity contribution < 1.29 is 19.1 Å². The van der Waals surface area contributed by atoms with Crippen LogP contribution in [0.5, 0.6) is 0 Å². The maximum Gasteiger partial charge on any atom is 0.340 e. The summed E-state index contributed by atoms with van der Waals surface area (Å²) < 4.78 is 10.7. The van der Waals surface area contributed by atoms with Crippen molar-refractivity contribution in [3.8, 4) is 0 Å². The molecule has 3 N–H and O–H groups in total. The fourth-order valence-electron chi connectivity index (χ4n) is 3.19. The molecule has 0 saturated heterocycles.